The maximum absolute atomic E-state index is 9.43. The Morgan fingerprint density at radius 3 is 1.85 bits per heavy atom. The summed E-state index contributed by atoms with van der Waals surface area (Å²) in [5.41, 5.74) is 1.17. The van der Waals surface area contributed by atoms with Crippen molar-refractivity contribution in [1.29, 1.82) is 0 Å². The van der Waals surface area contributed by atoms with Gasteiger partial charge >= 0.3 is 0 Å². The fourth-order valence-electron chi connectivity index (χ4n) is 0.545. The molecule has 0 bridgehead atoms. The molecule has 72 valence electrons. The molecule has 0 aliphatic heterocycles. The highest BCUT2D eigenvalue weighted by molar-refractivity contribution is 5.45. The van der Waals surface area contributed by atoms with Gasteiger partial charge in [0.05, 0.1) is 0 Å². The van der Waals surface area contributed by atoms with Gasteiger partial charge in [-0.2, -0.15) is 0 Å². The number of benzene rings is 1. The van der Waals surface area contributed by atoms with Gasteiger partial charge in [-0.3, -0.25) is 4.79 Å². The molecule has 1 amide bonds. The first-order chi connectivity index (χ1) is 6.06. The van der Waals surface area contributed by atoms with E-state index < -0.39 is 0 Å². The molecule has 0 heterocycles. The lowest BCUT2D eigenvalue weighted by molar-refractivity contribution is -0.115. The molecule has 0 unspecified atom stereocenters. The van der Waals surface area contributed by atoms with E-state index in [1.165, 1.54) is 10.5 Å². The van der Waals surface area contributed by atoms with Gasteiger partial charge in [-0.1, -0.05) is 17.7 Å². The minimum absolute atomic E-state index is 0.329. The fourth-order valence-corrected chi connectivity index (χ4v) is 0.545. The monoisotopic (exact) mass is 181 g/mol. The Labute approximate surface area is 78.6 Å². The number of hydrogen-bond donors (Lipinski definition) is 1. The van der Waals surface area contributed by atoms with Crippen LogP contribution in [0.25, 0.3) is 0 Å². The van der Waals surface area contributed by atoms with Gasteiger partial charge in [-0.15, -0.1) is 0 Å². The summed E-state index contributed by atoms with van der Waals surface area (Å²) >= 11 is 0. The van der Waals surface area contributed by atoms with Crippen molar-refractivity contribution < 1.29 is 9.90 Å². The Kier molecular flexibility index (Phi) is 5.35. The third-order valence-electron chi connectivity index (χ3n) is 1.24. The first-order valence-corrected chi connectivity index (χ1v) is 3.93. The standard InChI is InChI=1S/C7H8O.C3H7NO/c1-6-2-4-7(8)5-3-6;1-4(2)3-5/h2-5,8H,1H3;3H,1-2H3. The molecule has 0 saturated carbocycles. The van der Waals surface area contributed by atoms with E-state index >= 15 is 0 Å². The predicted molar refractivity (Wildman–Crippen MR) is 52.6 cm³/mol. The summed E-state index contributed by atoms with van der Waals surface area (Å²) in [4.78, 5) is 10.9. The average molecular weight is 181 g/mol. The molecule has 13 heavy (non-hydrogen) atoms. The van der Waals surface area contributed by atoms with Crippen LogP contribution >= 0.6 is 0 Å². The lowest BCUT2D eigenvalue weighted by Gasteiger charge is -1.93. The van der Waals surface area contributed by atoms with Crippen molar-refractivity contribution in [1.82, 2.24) is 4.90 Å². The second-order valence-corrected chi connectivity index (χ2v) is 2.90. The van der Waals surface area contributed by atoms with Crippen LogP contribution in [0.3, 0.4) is 0 Å². The van der Waals surface area contributed by atoms with Crippen molar-refractivity contribution in [3.8, 4) is 5.75 Å². The molecular formula is C10H15NO2. The van der Waals surface area contributed by atoms with Crippen LogP contribution in [-0.2, 0) is 4.79 Å². The summed E-state index contributed by atoms with van der Waals surface area (Å²) in [7, 11) is 3.38. The normalized spacial score (nSPS) is 8.23. The van der Waals surface area contributed by atoms with E-state index in [0.717, 1.165) is 6.41 Å². The van der Waals surface area contributed by atoms with Gasteiger partial charge in [-0.05, 0) is 19.1 Å². The van der Waals surface area contributed by atoms with Crippen LogP contribution in [0.15, 0.2) is 24.3 Å². The van der Waals surface area contributed by atoms with Crippen LogP contribution in [0.2, 0.25) is 0 Å². The van der Waals surface area contributed by atoms with Crippen molar-refractivity contribution in [2.45, 2.75) is 6.92 Å². The molecule has 1 aromatic carbocycles. The third-order valence-corrected chi connectivity index (χ3v) is 1.24. The van der Waals surface area contributed by atoms with Gasteiger partial charge in [0.2, 0.25) is 6.41 Å². The molecule has 0 saturated heterocycles. The van der Waals surface area contributed by atoms with Crippen molar-refractivity contribution in [2.24, 2.45) is 0 Å². The fraction of sp³-hybridized carbons (Fsp3) is 0.300. The summed E-state index contributed by atoms with van der Waals surface area (Å²) in [6, 6.07) is 7.09. The van der Waals surface area contributed by atoms with Crippen molar-refractivity contribution in [2.75, 3.05) is 14.1 Å². The highest BCUT2D eigenvalue weighted by atomic mass is 16.3. The number of carbonyl (C=O) groups is 1. The van der Waals surface area contributed by atoms with Crippen LogP contribution < -0.4 is 0 Å². The zero-order chi connectivity index (χ0) is 10.3. The summed E-state index contributed by atoms with van der Waals surface area (Å²) in [5, 5.41) is 8.76. The number of aryl methyl sites for hydroxylation is 1. The van der Waals surface area contributed by atoms with Crippen LogP contribution in [0.1, 0.15) is 5.56 Å². The highest BCUT2D eigenvalue weighted by Gasteiger charge is 1.82. The Morgan fingerprint density at radius 1 is 1.23 bits per heavy atom. The Balaban J connectivity index is 0.000000252. The number of hydrogen-bond acceptors (Lipinski definition) is 2. The van der Waals surface area contributed by atoms with E-state index in [1.807, 2.05) is 19.1 Å². The van der Waals surface area contributed by atoms with Gasteiger partial charge in [-0.25, -0.2) is 0 Å². The van der Waals surface area contributed by atoms with Crippen LogP contribution in [0.4, 0.5) is 0 Å². The Morgan fingerprint density at radius 2 is 1.62 bits per heavy atom. The average Bonchev–Trinajstić information content (AvgIpc) is 2.11. The minimum Gasteiger partial charge on any atom is -0.508 e. The van der Waals surface area contributed by atoms with E-state index in [9.17, 15) is 4.79 Å². The van der Waals surface area contributed by atoms with Crippen molar-refractivity contribution in [3.05, 3.63) is 29.8 Å². The number of phenols is 1. The SMILES string of the molecule is CN(C)C=O.Cc1ccc(O)cc1. The number of aromatic hydroxyl groups is 1. The van der Waals surface area contributed by atoms with E-state index in [4.69, 9.17) is 5.11 Å². The maximum atomic E-state index is 9.43. The van der Waals surface area contributed by atoms with Gasteiger partial charge in [0, 0.05) is 14.1 Å². The molecule has 0 radical (unpaired) electrons. The largest absolute Gasteiger partial charge is 0.508 e. The van der Waals surface area contributed by atoms with Crippen LogP contribution in [0.5, 0.6) is 5.75 Å². The van der Waals surface area contributed by atoms with Crippen molar-refractivity contribution in [3.63, 3.8) is 0 Å². The third kappa shape index (κ3) is 6.87. The number of phenolic OH excluding ortho intramolecular Hbond substituents is 1. The lowest BCUT2D eigenvalue weighted by Crippen LogP contribution is -2.06. The summed E-state index contributed by atoms with van der Waals surface area (Å²) in [6.45, 7) is 1.99. The molecule has 3 nitrogen and oxygen atoms in total. The topological polar surface area (TPSA) is 40.5 Å². The van der Waals surface area contributed by atoms with Crippen molar-refractivity contribution >= 4 is 6.41 Å². The van der Waals surface area contributed by atoms with Gasteiger partial charge in [0.1, 0.15) is 5.75 Å². The van der Waals surface area contributed by atoms with E-state index in [2.05, 4.69) is 0 Å². The Bertz CT molecular complexity index is 221. The molecule has 0 spiro atoms. The number of carbonyl (C=O) groups excluding carboxylic acids is 1. The molecule has 0 aliphatic rings. The quantitative estimate of drug-likeness (QED) is 0.665. The van der Waals surface area contributed by atoms with Gasteiger partial charge in [0.25, 0.3) is 0 Å². The first kappa shape index (κ1) is 11.5. The molecular weight excluding hydrogens is 166 g/mol. The van der Waals surface area contributed by atoms with E-state index in [0.29, 0.717) is 5.75 Å². The summed E-state index contributed by atoms with van der Waals surface area (Å²) in [6.07, 6.45) is 0.750. The molecule has 3 heteroatoms. The molecule has 0 atom stereocenters. The molecule has 0 fully saturated rings. The second kappa shape index (κ2) is 6.06. The lowest BCUT2D eigenvalue weighted by atomic mass is 10.2. The summed E-state index contributed by atoms with van der Waals surface area (Å²) in [5.74, 6) is 0.329. The second-order valence-electron chi connectivity index (χ2n) is 2.90. The highest BCUT2D eigenvalue weighted by Crippen LogP contribution is 2.07. The van der Waals surface area contributed by atoms with Crippen LogP contribution in [-0.4, -0.2) is 30.5 Å². The first-order valence-electron chi connectivity index (χ1n) is 3.93. The molecule has 1 N–H and O–H groups in total. The van der Waals surface area contributed by atoms with Gasteiger partial charge < -0.3 is 10.0 Å². The maximum Gasteiger partial charge on any atom is 0.209 e. The molecule has 1 rings (SSSR count). The summed E-state index contributed by atoms with van der Waals surface area (Å²) < 4.78 is 0. The number of rotatable bonds is 1. The molecule has 1 aromatic rings. The minimum atomic E-state index is 0.329. The molecule has 0 aliphatic carbocycles. The van der Waals surface area contributed by atoms with E-state index in [-0.39, 0.29) is 0 Å². The zero-order valence-corrected chi connectivity index (χ0v) is 8.19. The Hall–Kier alpha value is -1.51. The number of amides is 1. The smallest absolute Gasteiger partial charge is 0.209 e. The number of nitrogens with zero attached hydrogens (tertiary/aromatic N) is 1. The van der Waals surface area contributed by atoms with E-state index in [1.54, 1.807) is 26.2 Å². The zero-order valence-electron chi connectivity index (χ0n) is 8.19. The van der Waals surface area contributed by atoms with Crippen LogP contribution in [0, 0.1) is 6.92 Å². The predicted octanol–water partition coefficient (Wildman–Crippen LogP) is 1.41. The molecule has 0 aromatic heterocycles. The van der Waals surface area contributed by atoms with Gasteiger partial charge in [0.15, 0.2) is 0 Å².